The van der Waals surface area contributed by atoms with Crippen LogP contribution in [0.4, 0.5) is 0 Å². The Morgan fingerprint density at radius 2 is 1.36 bits per heavy atom. The summed E-state index contributed by atoms with van der Waals surface area (Å²) in [5.41, 5.74) is -0.0799. The number of rotatable bonds is 0. The van der Waals surface area contributed by atoms with E-state index in [1.54, 1.807) is 6.92 Å². The zero-order chi connectivity index (χ0) is 11.4. The lowest BCUT2D eigenvalue weighted by molar-refractivity contribution is -0.241. The number of nitrogens with zero attached hydrogens (tertiary/aromatic N) is 1. The van der Waals surface area contributed by atoms with E-state index in [1.807, 2.05) is 0 Å². The molecule has 0 aliphatic carbocycles. The van der Waals surface area contributed by atoms with Crippen LogP contribution < -0.4 is 0 Å². The maximum atomic E-state index is 9.80. The van der Waals surface area contributed by atoms with Crippen molar-refractivity contribution in [3.8, 4) is 0 Å². The summed E-state index contributed by atoms with van der Waals surface area (Å²) in [5, 5.41) is 18.9. The van der Waals surface area contributed by atoms with E-state index in [1.165, 1.54) is 11.5 Å². The fourth-order valence-electron chi connectivity index (χ4n) is 1.98. The van der Waals surface area contributed by atoms with Crippen LogP contribution in [0.5, 0.6) is 0 Å². The fourth-order valence-corrected chi connectivity index (χ4v) is 1.98. The topological polar surface area (TPSA) is 43.7 Å². The van der Waals surface area contributed by atoms with Crippen LogP contribution in [0, 0.1) is 0 Å². The predicted octanol–water partition coefficient (Wildman–Crippen LogP) is 2.42. The summed E-state index contributed by atoms with van der Waals surface area (Å²) in [6, 6.07) is 0. The molecule has 0 amide bonds. The Bertz CT molecular complexity index is 151. The van der Waals surface area contributed by atoms with E-state index in [-0.39, 0.29) is 17.7 Å². The molecule has 1 fully saturated rings. The second kappa shape index (κ2) is 5.10. The second-order valence-electron chi connectivity index (χ2n) is 5.11. The van der Waals surface area contributed by atoms with Crippen LogP contribution >= 0.6 is 0 Å². The quantitative estimate of drug-likeness (QED) is 0.635. The van der Waals surface area contributed by atoms with Crippen LogP contribution in [-0.2, 0) is 0 Å². The molecule has 0 aromatic carbocycles. The highest BCUT2D eigenvalue weighted by Gasteiger charge is 2.40. The van der Waals surface area contributed by atoms with Crippen molar-refractivity contribution in [2.24, 2.45) is 0 Å². The average Bonchev–Trinajstić information content (AvgIpc) is 2.01. The van der Waals surface area contributed by atoms with Crippen molar-refractivity contribution in [1.29, 1.82) is 0 Å². The Morgan fingerprint density at radius 3 is 1.57 bits per heavy atom. The Balaban J connectivity index is 0.000000500. The molecule has 1 saturated heterocycles. The van der Waals surface area contributed by atoms with Gasteiger partial charge >= 0.3 is 0 Å². The largest absolute Gasteiger partial charge is 0.397 e. The van der Waals surface area contributed by atoms with Gasteiger partial charge in [0.1, 0.15) is 0 Å². The summed E-state index contributed by atoms with van der Waals surface area (Å²) in [7, 11) is 0. The smallest absolute Gasteiger partial charge is 0.0410 e. The summed E-state index contributed by atoms with van der Waals surface area (Å²) in [6.45, 7) is 10.3. The van der Waals surface area contributed by atoms with Gasteiger partial charge in [-0.3, -0.25) is 0 Å². The Hall–Kier alpha value is -0.120. The molecule has 0 aromatic rings. The zero-order valence-corrected chi connectivity index (χ0v) is 10.2. The molecule has 3 heteroatoms. The summed E-state index contributed by atoms with van der Waals surface area (Å²) >= 11 is 0. The second-order valence-corrected chi connectivity index (χ2v) is 5.11. The molecule has 0 radical (unpaired) electrons. The third-order valence-corrected chi connectivity index (χ3v) is 2.72. The summed E-state index contributed by atoms with van der Waals surface area (Å²) in [4.78, 5) is 0. The minimum atomic E-state index is -0.0399. The van der Waals surface area contributed by atoms with Crippen molar-refractivity contribution in [1.82, 2.24) is 5.06 Å². The number of hydroxylamine groups is 2. The maximum absolute atomic E-state index is 9.80. The summed E-state index contributed by atoms with van der Waals surface area (Å²) in [5.74, 6) is 0. The van der Waals surface area contributed by atoms with Crippen molar-refractivity contribution >= 4 is 0 Å². The van der Waals surface area contributed by atoms with Gasteiger partial charge in [0.05, 0.1) is 0 Å². The first-order valence-corrected chi connectivity index (χ1v) is 5.38. The molecular weight excluding hydrogens is 178 g/mol. The maximum Gasteiger partial charge on any atom is 0.0410 e. The van der Waals surface area contributed by atoms with Crippen LogP contribution in [0.15, 0.2) is 0 Å². The molecule has 0 spiro atoms. The highest BCUT2D eigenvalue weighted by atomic mass is 16.5. The molecule has 3 nitrogen and oxygen atoms in total. The number of hydrogen-bond donors (Lipinski definition) is 2. The van der Waals surface area contributed by atoms with E-state index in [0.717, 1.165) is 12.8 Å². The van der Waals surface area contributed by atoms with Gasteiger partial charge in [-0.2, -0.15) is 5.06 Å². The van der Waals surface area contributed by atoms with Gasteiger partial charge in [0.15, 0.2) is 0 Å². The highest BCUT2D eigenvalue weighted by Crippen LogP contribution is 2.35. The van der Waals surface area contributed by atoms with Gasteiger partial charge in [-0.05, 0) is 53.9 Å². The lowest BCUT2D eigenvalue weighted by atomic mass is 9.82. The predicted molar refractivity (Wildman–Crippen MR) is 58.4 cm³/mol. The molecule has 14 heavy (non-hydrogen) atoms. The van der Waals surface area contributed by atoms with E-state index in [9.17, 15) is 5.21 Å². The third-order valence-electron chi connectivity index (χ3n) is 2.72. The monoisotopic (exact) mass is 203 g/mol. The molecule has 0 aromatic heterocycles. The first-order chi connectivity index (χ1) is 6.28. The molecule has 1 aliphatic heterocycles. The molecule has 0 bridgehead atoms. The van der Waals surface area contributed by atoms with Gasteiger partial charge in [-0.25, -0.2) is 0 Å². The number of piperidine rings is 1. The summed E-state index contributed by atoms with van der Waals surface area (Å²) in [6.07, 6.45) is 3.40. The van der Waals surface area contributed by atoms with Gasteiger partial charge in [0, 0.05) is 17.7 Å². The molecule has 0 unspecified atom stereocenters. The van der Waals surface area contributed by atoms with Gasteiger partial charge in [0.2, 0.25) is 0 Å². The molecule has 0 saturated carbocycles. The molecular formula is C11H25NO2. The standard InChI is InChI=1S/C9H19NO.C2H6O/c1-8(2)6-5-7-9(3,4)10(8)11;1-2-3/h11H,5-7H2,1-4H3;3H,2H2,1H3. The van der Waals surface area contributed by atoms with Crippen LogP contribution in [-0.4, -0.2) is 33.1 Å². The number of aliphatic hydroxyl groups excluding tert-OH is 1. The van der Waals surface area contributed by atoms with E-state index in [4.69, 9.17) is 5.11 Å². The van der Waals surface area contributed by atoms with Crippen LogP contribution in [0.3, 0.4) is 0 Å². The van der Waals surface area contributed by atoms with Crippen molar-refractivity contribution in [3.63, 3.8) is 0 Å². The fraction of sp³-hybridized carbons (Fsp3) is 1.00. The molecule has 1 rings (SSSR count). The van der Waals surface area contributed by atoms with E-state index in [0.29, 0.717) is 0 Å². The van der Waals surface area contributed by atoms with Crippen molar-refractivity contribution in [3.05, 3.63) is 0 Å². The number of hydrogen-bond acceptors (Lipinski definition) is 3. The van der Waals surface area contributed by atoms with Gasteiger partial charge < -0.3 is 10.3 Å². The number of aliphatic hydroxyl groups is 1. The van der Waals surface area contributed by atoms with Crippen LogP contribution in [0.2, 0.25) is 0 Å². The lowest BCUT2D eigenvalue weighted by Crippen LogP contribution is -2.56. The van der Waals surface area contributed by atoms with E-state index < -0.39 is 0 Å². The molecule has 1 aliphatic rings. The van der Waals surface area contributed by atoms with Gasteiger partial charge in [-0.1, -0.05) is 0 Å². The third kappa shape index (κ3) is 3.56. The van der Waals surface area contributed by atoms with Crippen LogP contribution in [0.25, 0.3) is 0 Å². The van der Waals surface area contributed by atoms with Crippen molar-refractivity contribution in [2.45, 2.75) is 65.0 Å². The Labute approximate surface area is 87.7 Å². The first kappa shape index (κ1) is 13.9. The average molecular weight is 203 g/mol. The van der Waals surface area contributed by atoms with Crippen LogP contribution in [0.1, 0.15) is 53.9 Å². The first-order valence-electron chi connectivity index (χ1n) is 5.38. The van der Waals surface area contributed by atoms with Gasteiger partial charge in [0.25, 0.3) is 0 Å². The Kier molecular flexibility index (Phi) is 5.06. The SMILES string of the molecule is CC1(C)CCCC(C)(C)N1O.CCO. The minimum absolute atomic E-state index is 0.0399. The van der Waals surface area contributed by atoms with E-state index in [2.05, 4.69) is 27.7 Å². The Morgan fingerprint density at radius 1 is 1.07 bits per heavy atom. The zero-order valence-electron chi connectivity index (χ0n) is 10.2. The van der Waals surface area contributed by atoms with Crippen molar-refractivity contribution in [2.75, 3.05) is 6.61 Å². The van der Waals surface area contributed by atoms with Gasteiger partial charge in [-0.15, -0.1) is 0 Å². The summed E-state index contributed by atoms with van der Waals surface area (Å²) < 4.78 is 0. The highest BCUT2D eigenvalue weighted by molar-refractivity contribution is 4.91. The molecule has 1 heterocycles. The normalized spacial score (nSPS) is 25.1. The van der Waals surface area contributed by atoms with E-state index >= 15 is 0 Å². The minimum Gasteiger partial charge on any atom is -0.397 e. The molecule has 0 atom stereocenters. The van der Waals surface area contributed by atoms with Crippen molar-refractivity contribution < 1.29 is 10.3 Å². The lowest BCUT2D eigenvalue weighted by Gasteiger charge is -2.48. The molecule has 2 N–H and O–H groups in total. The molecule has 86 valence electrons.